The van der Waals surface area contributed by atoms with E-state index in [0.29, 0.717) is 31.6 Å². The molecule has 0 spiro atoms. The lowest BCUT2D eigenvalue weighted by molar-refractivity contribution is 0.552. The zero-order valence-corrected chi connectivity index (χ0v) is 11.6. The molecule has 3 N–H and O–H groups in total. The van der Waals surface area contributed by atoms with Gasteiger partial charge in [-0.2, -0.15) is 0 Å². The van der Waals surface area contributed by atoms with E-state index in [4.69, 9.17) is 5.73 Å². The van der Waals surface area contributed by atoms with E-state index in [2.05, 4.69) is 4.72 Å². The van der Waals surface area contributed by atoms with Gasteiger partial charge in [-0.15, -0.1) is 0 Å². The number of unbranched alkanes of at least 4 members (excludes halogenated alkanes) is 1. The summed E-state index contributed by atoms with van der Waals surface area (Å²) in [5.74, 6) is 0.635. The predicted molar refractivity (Wildman–Crippen MR) is 68.2 cm³/mol. The largest absolute Gasteiger partial charge is 0.330 e. The third-order valence-corrected chi connectivity index (χ3v) is 4.48. The van der Waals surface area contributed by atoms with Gasteiger partial charge in [-0.1, -0.05) is 0 Å². The normalized spacial score (nSPS) is 15.9. The Morgan fingerprint density at radius 2 is 2.00 bits per heavy atom. The molecule has 0 radical (unpaired) electrons. The van der Waals surface area contributed by atoms with Crippen LogP contribution in [0.25, 0.3) is 0 Å². The number of rotatable bonds is 9. The first-order valence-electron chi connectivity index (χ1n) is 5.37. The molecule has 16 heavy (non-hydrogen) atoms. The van der Waals surface area contributed by atoms with Gasteiger partial charge >= 0.3 is 0 Å². The van der Waals surface area contributed by atoms with Crippen molar-refractivity contribution < 1.29 is 12.6 Å². The van der Waals surface area contributed by atoms with Gasteiger partial charge in [0.25, 0.3) is 0 Å². The molecule has 0 saturated carbocycles. The minimum Gasteiger partial charge on any atom is -0.330 e. The van der Waals surface area contributed by atoms with Crippen LogP contribution in [0.2, 0.25) is 0 Å². The molecule has 2 unspecified atom stereocenters. The second-order valence-electron chi connectivity index (χ2n) is 3.90. The minimum absolute atomic E-state index is 0.115. The number of hydrogen-bond acceptors (Lipinski definition) is 4. The molecule has 0 bridgehead atoms. The van der Waals surface area contributed by atoms with Crippen molar-refractivity contribution in [1.29, 1.82) is 0 Å². The van der Waals surface area contributed by atoms with Crippen molar-refractivity contribution >= 4 is 20.8 Å². The maximum atomic E-state index is 11.5. The molecule has 7 heteroatoms. The third kappa shape index (κ3) is 9.26. The highest BCUT2D eigenvalue weighted by atomic mass is 32.2. The molecule has 0 aliphatic heterocycles. The fourth-order valence-electron chi connectivity index (χ4n) is 1.20. The SMILES string of the molecule is CC(CCS(C)=O)NS(=O)(=O)CCCCN. The van der Waals surface area contributed by atoms with Crippen LogP contribution in [0.15, 0.2) is 0 Å². The molecule has 0 saturated heterocycles. The topological polar surface area (TPSA) is 89.3 Å². The standard InChI is InChI=1S/C9H22N2O3S2/c1-9(5-7-15(2)12)11-16(13,14)8-4-3-6-10/h9,11H,3-8,10H2,1-2H3. The first kappa shape index (κ1) is 16.0. The van der Waals surface area contributed by atoms with E-state index in [1.165, 1.54) is 0 Å². The zero-order chi connectivity index (χ0) is 12.6. The van der Waals surface area contributed by atoms with Gasteiger partial charge in [0.15, 0.2) is 0 Å². The van der Waals surface area contributed by atoms with Crippen LogP contribution in [-0.2, 0) is 20.8 Å². The van der Waals surface area contributed by atoms with Gasteiger partial charge in [0.05, 0.1) is 5.75 Å². The lowest BCUT2D eigenvalue weighted by atomic mass is 10.3. The van der Waals surface area contributed by atoms with Crippen LogP contribution in [0.3, 0.4) is 0 Å². The average molecular weight is 270 g/mol. The lowest BCUT2D eigenvalue weighted by Gasteiger charge is -2.13. The highest BCUT2D eigenvalue weighted by Crippen LogP contribution is 1.99. The van der Waals surface area contributed by atoms with Gasteiger partial charge in [0, 0.05) is 28.9 Å². The quantitative estimate of drug-likeness (QED) is 0.568. The Morgan fingerprint density at radius 3 is 2.50 bits per heavy atom. The molecule has 0 fully saturated rings. The maximum absolute atomic E-state index is 11.5. The Hall–Kier alpha value is 0.0200. The molecular formula is C9H22N2O3S2. The maximum Gasteiger partial charge on any atom is 0.211 e. The van der Waals surface area contributed by atoms with Crippen molar-refractivity contribution in [2.24, 2.45) is 5.73 Å². The predicted octanol–water partition coefficient (Wildman–Crippen LogP) is -0.198. The van der Waals surface area contributed by atoms with E-state index in [1.807, 2.05) is 0 Å². The number of sulfonamides is 1. The number of nitrogens with two attached hydrogens (primary N) is 1. The van der Waals surface area contributed by atoms with E-state index < -0.39 is 20.8 Å². The molecule has 0 aliphatic carbocycles. The Kier molecular flexibility index (Phi) is 8.17. The van der Waals surface area contributed by atoms with E-state index in [-0.39, 0.29) is 11.8 Å². The molecule has 0 aromatic rings. The third-order valence-electron chi connectivity index (χ3n) is 2.09. The summed E-state index contributed by atoms with van der Waals surface area (Å²) in [6.45, 7) is 2.30. The van der Waals surface area contributed by atoms with Gasteiger partial charge < -0.3 is 5.73 Å². The fourth-order valence-corrected chi connectivity index (χ4v) is 3.32. The smallest absolute Gasteiger partial charge is 0.211 e. The van der Waals surface area contributed by atoms with Gasteiger partial charge in [0.2, 0.25) is 10.0 Å². The van der Waals surface area contributed by atoms with Crippen LogP contribution in [0, 0.1) is 0 Å². The summed E-state index contributed by atoms with van der Waals surface area (Å²) in [5, 5.41) is 0. The van der Waals surface area contributed by atoms with Crippen LogP contribution in [-0.4, -0.2) is 43.0 Å². The molecule has 0 aromatic carbocycles. The van der Waals surface area contributed by atoms with Gasteiger partial charge in [-0.3, -0.25) is 4.21 Å². The Labute approximate surface area is 101 Å². The van der Waals surface area contributed by atoms with Crippen molar-refractivity contribution in [2.75, 3.05) is 24.3 Å². The van der Waals surface area contributed by atoms with E-state index in [9.17, 15) is 12.6 Å². The van der Waals surface area contributed by atoms with Gasteiger partial charge in [0.1, 0.15) is 0 Å². The number of nitrogens with one attached hydrogen (secondary N) is 1. The Balaban J connectivity index is 3.90. The van der Waals surface area contributed by atoms with E-state index in [1.54, 1.807) is 13.2 Å². The molecular weight excluding hydrogens is 248 g/mol. The highest BCUT2D eigenvalue weighted by Gasteiger charge is 2.13. The van der Waals surface area contributed by atoms with Crippen LogP contribution >= 0.6 is 0 Å². The van der Waals surface area contributed by atoms with Crippen molar-refractivity contribution in [1.82, 2.24) is 4.72 Å². The average Bonchev–Trinajstić information content (AvgIpc) is 2.14. The molecule has 0 heterocycles. The van der Waals surface area contributed by atoms with Crippen LogP contribution in [0.4, 0.5) is 0 Å². The van der Waals surface area contributed by atoms with Gasteiger partial charge in [-0.05, 0) is 32.7 Å². The van der Waals surface area contributed by atoms with Crippen LogP contribution in [0.1, 0.15) is 26.2 Å². The molecule has 0 amide bonds. The van der Waals surface area contributed by atoms with Crippen LogP contribution in [0.5, 0.6) is 0 Å². The van der Waals surface area contributed by atoms with Gasteiger partial charge in [-0.25, -0.2) is 13.1 Å². The number of hydrogen-bond donors (Lipinski definition) is 2. The van der Waals surface area contributed by atoms with Crippen molar-refractivity contribution in [3.8, 4) is 0 Å². The minimum atomic E-state index is -3.21. The van der Waals surface area contributed by atoms with Crippen LogP contribution < -0.4 is 10.5 Å². The summed E-state index contributed by atoms with van der Waals surface area (Å²) < 4.78 is 36.5. The summed E-state index contributed by atoms with van der Waals surface area (Å²) in [6, 6.07) is -0.160. The summed E-state index contributed by atoms with van der Waals surface area (Å²) >= 11 is 0. The molecule has 0 aromatic heterocycles. The second-order valence-corrected chi connectivity index (χ2v) is 7.33. The monoisotopic (exact) mass is 270 g/mol. The summed E-state index contributed by atoms with van der Waals surface area (Å²) in [6.07, 6.45) is 3.51. The van der Waals surface area contributed by atoms with E-state index in [0.717, 1.165) is 0 Å². The van der Waals surface area contributed by atoms with Crippen molar-refractivity contribution in [3.63, 3.8) is 0 Å². The highest BCUT2D eigenvalue weighted by molar-refractivity contribution is 7.89. The van der Waals surface area contributed by atoms with E-state index >= 15 is 0 Å². The second kappa shape index (κ2) is 8.16. The zero-order valence-electron chi connectivity index (χ0n) is 9.94. The summed E-state index contributed by atoms with van der Waals surface area (Å²) in [5.41, 5.74) is 5.29. The molecule has 2 atom stereocenters. The van der Waals surface area contributed by atoms with Crippen molar-refractivity contribution in [3.05, 3.63) is 0 Å². The first-order chi connectivity index (χ1) is 7.37. The first-order valence-corrected chi connectivity index (χ1v) is 8.75. The molecule has 5 nitrogen and oxygen atoms in total. The fraction of sp³-hybridized carbons (Fsp3) is 1.00. The molecule has 0 aliphatic rings. The Morgan fingerprint density at radius 1 is 1.38 bits per heavy atom. The summed E-state index contributed by atoms with van der Waals surface area (Å²) in [7, 11) is -4.08. The Bertz CT molecular complexity index is 304. The lowest BCUT2D eigenvalue weighted by Crippen LogP contribution is -2.35. The summed E-state index contributed by atoms with van der Waals surface area (Å²) in [4.78, 5) is 0. The van der Waals surface area contributed by atoms with Crippen molar-refractivity contribution in [2.45, 2.75) is 32.2 Å². The molecule has 98 valence electrons. The molecule has 0 rings (SSSR count).